The van der Waals surface area contributed by atoms with Crippen molar-refractivity contribution < 1.29 is 14.0 Å². The van der Waals surface area contributed by atoms with Crippen LogP contribution < -0.4 is 21.7 Å². The fourth-order valence-electron chi connectivity index (χ4n) is 5.86. The number of para-hydroxylation sites is 2. The molecule has 248 valence electrons. The van der Waals surface area contributed by atoms with Gasteiger partial charge in [-0.1, -0.05) is 24.3 Å². The first-order valence-corrected chi connectivity index (χ1v) is 15.3. The van der Waals surface area contributed by atoms with Crippen LogP contribution in [0.2, 0.25) is 0 Å². The standard InChI is InChI=1S/C17H17N5O.C16H13FN4O.CH5N.ClH/c1-9-16(18-2)22-15-10(4-3-5-13(15)20-9)14-8-11-12(21-14)6-7-19-17(11)23;1-8-15(17)21-14-9(3-2-4-12(14)19-8)13-7-10-11(20-13)5-6-18-16(10)22;1-2;/h3-5,8,21H,6-7H2,1-2H3,(H,18,22)(H,19,23);2-4,7,20H,5-6H2,1H3,(H,18,22);2H2,1H3;1H. The number of fused-ring (bicyclic) bond motifs is 4. The number of nitrogens with two attached hydrogens (primary N) is 1. The minimum absolute atomic E-state index is 0. The topological polar surface area (TPSA) is 179 Å². The summed E-state index contributed by atoms with van der Waals surface area (Å²) in [6.45, 7) is 4.81. The Hall–Kier alpha value is -5.40. The molecule has 0 fully saturated rings. The van der Waals surface area contributed by atoms with Crippen LogP contribution in [0.3, 0.4) is 0 Å². The van der Waals surface area contributed by atoms with E-state index in [2.05, 4.69) is 46.6 Å². The Morgan fingerprint density at radius 3 is 1.67 bits per heavy atom. The van der Waals surface area contributed by atoms with E-state index in [4.69, 9.17) is 4.98 Å². The quantitative estimate of drug-likeness (QED) is 0.158. The molecule has 0 saturated carbocycles. The summed E-state index contributed by atoms with van der Waals surface area (Å²) in [4.78, 5) is 48.0. The molecule has 0 radical (unpaired) electrons. The average Bonchev–Trinajstić information content (AvgIpc) is 3.72. The summed E-state index contributed by atoms with van der Waals surface area (Å²) in [6, 6.07) is 15.1. The first-order valence-electron chi connectivity index (χ1n) is 15.3. The minimum atomic E-state index is -0.575. The third-order valence-electron chi connectivity index (χ3n) is 8.11. The van der Waals surface area contributed by atoms with E-state index in [9.17, 15) is 14.0 Å². The second kappa shape index (κ2) is 14.2. The lowest BCUT2D eigenvalue weighted by Crippen LogP contribution is -2.31. The minimum Gasteiger partial charge on any atom is -0.372 e. The van der Waals surface area contributed by atoms with Gasteiger partial charge in [-0.05, 0) is 45.2 Å². The van der Waals surface area contributed by atoms with Crippen LogP contribution in [0.25, 0.3) is 44.6 Å². The van der Waals surface area contributed by atoms with Gasteiger partial charge in [-0.3, -0.25) is 9.59 Å². The molecule has 2 aromatic carbocycles. The van der Waals surface area contributed by atoms with Crippen molar-refractivity contribution in [2.75, 3.05) is 32.5 Å². The molecule has 0 saturated heterocycles. The highest BCUT2D eigenvalue weighted by molar-refractivity contribution is 6.00. The molecule has 0 unspecified atom stereocenters. The zero-order valence-electron chi connectivity index (χ0n) is 26.9. The van der Waals surface area contributed by atoms with E-state index in [0.29, 0.717) is 29.7 Å². The van der Waals surface area contributed by atoms with Crippen molar-refractivity contribution >= 4 is 52.1 Å². The molecule has 0 atom stereocenters. The van der Waals surface area contributed by atoms with Crippen molar-refractivity contribution in [3.8, 4) is 22.5 Å². The number of H-pyrrole nitrogens is 2. The van der Waals surface area contributed by atoms with Gasteiger partial charge in [-0.2, -0.15) is 4.39 Å². The highest BCUT2D eigenvalue weighted by atomic mass is 35.5. The van der Waals surface area contributed by atoms with Crippen molar-refractivity contribution in [3.63, 3.8) is 0 Å². The van der Waals surface area contributed by atoms with Gasteiger partial charge >= 0.3 is 0 Å². The van der Waals surface area contributed by atoms with Crippen molar-refractivity contribution in [2.45, 2.75) is 26.7 Å². The van der Waals surface area contributed by atoms with Gasteiger partial charge in [0.1, 0.15) is 16.9 Å². The maximum atomic E-state index is 13.8. The fourth-order valence-corrected chi connectivity index (χ4v) is 5.86. The number of benzene rings is 2. The number of nitrogens with one attached hydrogen (secondary N) is 5. The number of halogens is 2. The predicted molar refractivity (Wildman–Crippen MR) is 187 cm³/mol. The molecule has 6 heterocycles. The predicted octanol–water partition coefficient (Wildman–Crippen LogP) is 4.62. The highest BCUT2D eigenvalue weighted by Crippen LogP contribution is 2.31. The molecule has 4 aromatic heterocycles. The first-order chi connectivity index (χ1) is 22.8. The number of amides is 2. The Bertz CT molecular complexity index is 2160. The number of aromatic amines is 2. The smallest absolute Gasteiger partial charge is 0.253 e. The molecule has 14 heteroatoms. The largest absolute Gasteiger partial charge is 0.372 e. The van der Waals surface area contributed by atoms with Crippen LogP contribution in [0.15, 0.2) is 48.5 Å². The van der Waals surface area contributed by atoms with Crippen LogP contribution in [-0.2, 0) is 12.8 Å². The monoisotopic (exact) mass is 670 g/mol. The van der Waals surface area contributed by atoms with Crippen LogP contribution in [0.4, 0.5) is 10.2 Å². The van der Waals surface area contributed by atoms with E-state index in [-0.39, 0.29) is 29.9 Å². The number of hydrogen-bond acceptors (Lipinski definition) is 8. The third-order valence-corrected chi connectivity index (χ3v) is 8.11. The van der Waals surface area contributed by atoms with E-state index >= 15 is 0 Å². The molecular formula is C34H36ClFN10O2. The van der Waals surface area contributed by atoms with Crippen LogP contribution in [-0.4, -0.2) is 68.9 Å². The Labute approximate surface area is 282 Å². The summed E-state index contributed by atoms with van der Waals surface area (Å²) < 4.78 is 13.8. The number of carbonyl (C=O) groups is 2. The van der Waals surface area contributed by atoms with Gasteiger partial charge in [-0.15, -0.1) is 12.4 Å². The molecule has 0 spiro atoms. The second-order valence-electron chi connectivity index (χ2n) is 11.0. The van der Waals surface area contributed by atoms with Crippen LogP contribution in [0.1, 0.15) is 43.5 Å². The number of nitrogens with zero attached hydrogens (tertiary/aromatic N) is 4. The molecule has 8 rings (SSSR count). The van der Waals surface area contributed by atoms with Gasteiger partial charge in [0.2, 0.25) is 5.95 Å². The maximum Gasteiger partial charge on any atom is 0.253 e. The van der Waals surface area contributed by atoms with E-state index < -0.39 is 5.95 Å². The maximum absolute atomic E-state index is 13.8. The van der Waals surface area contributed by atoms with E-state index in [1.807, 2.05) is 50.4 Å². The van der Waals surface area contributed by atoms with Crippen molar-refractivity contribution in [2.24, 2.45) is 5.73 Å². The zero-order valence-corrected chi connectivity index (χ0v) is 27.7. The van der Waals surface area contributed by atoms with Crippen LogP contribution in [0, 0.1) is 19.8 Å². The lowest BCUT2D eigenvalue weighted by atomic mass is 10.1. The van der Waals surface area contributed by atoms with Gasteiger partial charge < -0.3 is 31.7 Å². The Morgan fingerprint density at radius 1 is 0.708 bits per heavy atom. The average molecular weight is 671 g/mol. The summed E-state index contributed by atoms with van der Waals surface area (Å²) in [5, 5.41) is 8.75. The van der Waals surface area contributed by atoms with Gasteiger partial charge in [-0.25, -0.2) is 19.9 Å². The molecular weight excluding hydrogens is 635 g/mol. The number of anilines is 1. The lowest BCUT2D eigenvalue weighted by Gasteiger charge is -2.11. The lowest BCUT2D eigenvalue weighted by molar-refractivity contribution is 0.0937. The van der Waals surface area contributed by atoms with Gasteiger partial charge in [0, 0.05) is 66.9 Å². The summed E-state index contributed by atoms with van der Waals surface area (Å²) in [5.41, 5.74) is 15.0. The zero-order chi connectivity index (χ0) is 33.2. The van der Waals surface area contributed by atoms with Crippen LogP contribution >= 0.6 is 12.4 Å². The fraction of sp³-hybridized carbons (Fsp3) is 0.235. The van der Waals surface area contributed by atoms with Crippen molar-refractivity contribution in [1.82, 2.24) is 40.5 Å². The number of aryl methyl sites for hydroxylation is 2. The summed E-state index contributed by atoms with van der Waals surface area (Å²) in [5.74, 6) is 0.0805. The van der Waals surface area contributed by atoms with Crippen molar-refractivity contribution in [1.29, 1.82) is 0 Å². The summed E-state index contributed by atoms with van der Waals surface area (Å²) >= 11 is 0. The SMILES string of the molecule is CN.CNc1nc2c(-c3cc4c([nH]3)CCNC4=O)cccc2nc1C.Cc1nc2cccc(-c3cc4c([nH]3)CCNC4=O)c2nc1F.Cl. The molecule has 12 nitrogen and oxygen atoms in total. The van der Waals surface area contributed by atoms with Gasteiger partial charge in [0.15, 0.2) is 0 Å². The van der Waals surface area contributed by atoms with E-state index in [0.717, 1.165) is 74.9 Å². The Kier molecular flexibility index (Phi) is 10.0. The number of hydrogen-bond donors (Lipinski definition) is 6. The summed E-state index contributed by atoms with van der Waals surface area (Å²) in [6.07, 6.45) is 1.57. The third kappa shape index (κ3) is 6.29. The molecule has 2 aliphatic heterocycles. The molecule has 7 N–H and O–H groups in total. The van der Waals surface area contributed by atoms with E-state index in [1.54, 1.807) is 19.1 Å². The number of rotatable bonds is 3. The highest BCUT2D eigenvalue weighted by Gasteiger charge is 2.22. The molecule has 0 bridgehead atoms. The summed E-state index contributed by atoms with van der Waals surface area (Å²) in [7, 11) is 3.34. The first kappa shape index (κ1) is 33.9. The molecule has 2 aliphatic rings. The van der Waals surface area contributed by atoms with Gasteiger partial charge in [0.25, 0.3) is 11.8 Å². The Morgan fingerprint density at radius 2 is 1.19 bits per heavy atom. The molecule has 48 heavy (non-hydrogen) atoms. The van der Waals surface area contributed by atoms with Gasteiger partial charge in [0.05, 0.1) is 33.5 Å². The second-order valence-corrected chi connectivity index (χ2v) is 11.0. The molecule has 6 aromatic rings. The number of aromatic nitrogens is 6. The van der Waals surface area contributed by atoms with Crippen LogP contribution in [0.5, 0.6) is 0 Å². The normalized spacial score (nSPS) is 13.1. The molecule has 2 amide bonds. The Balaban J connectivity index is 0.000000175. The molecule has 0 aliphatic carbocycles. The van der Waals surface area contributed by atoms with Crippen molar-refractivity contribution in [3.05, 3.63) is 88.4 Å². The van der Waals surface area contributed by atoms with E-state index in [1.165, 1.54) is 7.05 Å². The number of carbonyl (C=O) groups excluding carboxylic acids is 2.